The molecule has 1 aromatic carbocycles. The summed E-state index contributed by atoms with van der Waals surface area (Å²) < 4.78 is 20.1. The van der Waals surface area contributed by atoms with Gasteiger partial charge in [-0.25, -0.2) is 14.4 Å². The molecule has 0 saturated carbocycles. The Morgan fingerprint density at radius 3 is 2.96 bits per heavy atom. The van der Waals surface area contributed by atoms with Crippen LogP contribution >= 0.6 is 0 Å². The number of nitrogens with one attached hydrogen (secondary N) is 1. The minimum atomic E-state index is -0.295. The zero-order valence-corrected chi connectivity index (χ0v) is 13.3. The number of aryl methyl sites for hydroxylation is 1. The van der Waals surface area contributed by atoms with E-state index in [0.717, 1.165) is 49.7 Å². The van der Waals surface area contributed by atoms with Gasteiger partial charge < -0.3 is 9.72 Å². The number of aromatic nitrogens is 3. The summed E-state index contributed by atoms with van der Waals surface area (Å²) in [6.45, 7) is 0.854. The first-order valence-electron chi connectivity index (χ1n) is 8.49. The molecule has 3 aromatic rings. The molecular weight excluding hydrogens is 305 g/mol. The lowest BCUT2D eigenvalue weighted by Crippen LogP contribution is -2.34. The quantitative estimate of drug-likeness (QED) is 0.741. The van der Waals surface area contributed by atoms with Crippen LogP contribution in [-0.2, 0) is 17.6 Å². The molecule has 2 aliphatic rings. The Kier molecular flexibility index (Phi) is 3.00. The summed E-state index contributed by atoms with van der Waals surface area (Å²) in [7, 11) is 0. The first-order chi connectivity index (χ1) is 11.7. The third kappa shape index (κ3) is 2.08. The van der Waals surface area contributed by atoms with E-state index in [4.69, 9.17) is 9.72 Å². The fourth-order valence-electron chi connectivity index (χ4n) is 4.12. The van der Waals surface area contributed by atoms with Gasteiger partial charge in [0.2, 0.25) is 0 Å². The van der Waals surface area contributed by atoms with Crippen molar-refractivity contribution in [1.29, 1.82) is 0 Å². The maximum Gasteiger partial charge on any atom is 0.162 e. The predicted molar refractivity (Wildman–Crippen MR) is 89.2 cm³/mol. The van der Waals surface area contributed by atoms with E-state index in [0.29, 0.717) is 11.4 Å². The third-order valence-electron chi connectivity index (χ3n) is 5.35. The van der Waals surface area contributed by atoms with Gasteiger partial charge >= 0.3 is 0 Å². The number of halogens is 1. The fraction of sp³-hybridized carbons (Fsp3) is 0.368. The Bertz CT molecular complexity index is 928. The maximum absolute atomic E-state index is 14.1. The number of H-pyrrole nitrogens is 1. The van der Waals surface area contributed by atoms with E-state index in [2.05, 4.69) is 9.97 Å². The summed E-state index contributed by atoms with van der Waals surface area (Å²) >= 11 is 0. The molecule has 122 valence electrons. The molecule has 5 heteroatoms. The second-order valence-corrected chi connectivity index (χ2v) is 6.83. The van der Waals surface area contributed by atoms with Gasteiger partial charge in [0.05, 0.1) is 28.4 Å². The minimum Gasteiger partial charge on any atom is -0.375 e. The van der Waals surface area contributed by atoms with Crippen molar-refractivity contribution in [2.75, 3.05) is 6.61 Å². The molecule has 1 saturated heterocycles. The summed E-state index contributed by atoms with van der Waals surface area (Å²) in [5.74, 6) is 0.145. The lowest BCUT2D eigenvalue weighted by Gasteiger charge is -2.32. The van der Waals surface area contributed by atoms with E-state index >= 15 is 0 Å². The summed E-state index contributed by atoms with van der Waals surface area (Å²) in [5, 5.41) is 0. The highest BCUT2D eigenvalue weighted by Crippen LogP contribution is 2.40. The highest BCUT2D eigenvalue weighted by atomic mass is 19.1. The molecule has 24 heavy (non-hydrogen) atoms. The first kappa shape index (κ1) is 14.1. The standard InChI is InChI=1S/C19H18FN3O/c20-14-5-2-1-4-12(14)18-21-11-16-17(23-18)13-10-19(7-3-9-24-19)8-6-15(13)22-16/h1-2,4-5,11,22H,3,6-10H2. The Hall–Kier alpha value is -2.27. The van der Waals surface area contributed by atoms with Gasteiger partial charge in [0, 0.05) is 24.3 Å². The summed E-state index contributed by atoms with van der Waals surface area (Å²) in [4.78, 5) is 12.5. The lowest BCUT2D eigenvalue weighted by atomic mass is 9.81. The van der Waals surface area contributed by atoms with Crippen LogP contribution < -0.4 is 0 Å². The van der Waals surface area contributed by atoms with Crippen LogP contribution in [0.4, 0.5) is 4.39 Å². The van der Waals surface area contributed by atoms with Crippen LogP contribution in [0.5, 0.6) is 0 Å². The zero-order chi connectivity index (χ0) is 16.1. The van der Waals surface area contributed by atoms with E-state index in [1.54, 1.807) is 24.4 Å². The summed E-state index contributed by atoms with van der Waals surface area (Å²) in [5.41, 5.74) is 4.70. The van der Waals surface area contributed by atoms with Gasteiger partial charge in [0.15, 0.2) is 5.82 Å². The van der Waals surface area contributed by atoms with Crippen LogP contribution in [0.3, 0.4) is 0 Å². The topological polar surface area (TPSA) is 50.8 Å². The van der Waals surface area contributed by atoms with Crippen molar-refractivity contribution >= 4 is 11.0 Å². The van der Waals surface area contributed by atoms with E-state index in [-0.39, 0.29) is 11.4 Å². The van der Waals surface area contributed by atoms with Gasteiger partial charge in [-0.1, -0.05) is 12.1 Å². The second kappa shape index (κ2) is 5.11. The van der Waals surface area contributed by atoms with E-state index in [9.17, 15) is 4.39 Å². The fourth-order valence-corrected chi connectivity index (χ4v) is 4.12. The highest BCUT2D eigenvalue weighted by Gasteiger charge is 2.40. The molecule has 0 radical (unpaired) electrons. The minimum absolute atomic E-state index is 0.0226. The molecule has 1 unspecified atom stereocenters. The molecule has 1 aliphatic heterocycles. The normalized spacial score (nSPS) is 23.0. The van der Waals surface area contributed by atoms with Crippen molar-refractivity contribution in [2.45, 2.75) is 37.7 Å². The zero-order valence-electron chi connectivity index (χ0n) is 13.3. The summed E-state index contributed by atoms with van der Waals surface area (Å²) in [6, 6.07) is 6.64. The molecule has 1 fully saturated rings. The average molecular weight is 323 g/mol. The predicted octanol–water partition coefficient (Wildman–Crippen LogP) is 3.80. The Labute approximate surface area is 139 Å². The number of rotatable bonds is 1. The molecule has 1 aliphatic carbocycles. The maximum atomic E-state index is 14.1. The van der Waals surface area contributed by atoms with Gasteiger partial charge in [0.25, 0.3) is 0 Å². The van der Waals surface area contributed by atoms with Crippen molar-refractivity contribution in [3.63, 3.8) is 0 Å². The van der Waals surface area contributed by atoms with Crippen molar-refractivity contribution in [3.8, 4) is 11.4 Å². The molecule has 0 bridgehead atoms. The molecular formula is C19H18FN3O. The van der Waals surface area contributed by atoms with E-state index in [1.165, 1.54) is 17.3 Å². The van der Waals surface area contributed by atoms with Crippen molar-refractivity contribution in [3.05, 3.63) is 47.5 Å². The highest BCUT2D eigenvalue weighted by molar-refractivity contribution is 5.82. The number of hydrogen-bond donors (Lipinski definition) is 1. The van der Waals surface area contributed by atoms with Crippen molar-refractivity contribution in [2.24, 2.45) is 0 Å². The Morgan fingerprint density at radius 2 is 2.12 bits per heavy atom. The molecule has 3 heterocycles. The smallest absolute Gasteiger partial charge is 0.162 e. The Morgan fingerprint density at radius 1 is 1.21 bits per heavy atom. The number of aromatic amines is 1. The van der Waals surface area contributed by atoms with Crippen LogP contribution in [0.15, 0.2) is 30.5 Å². The molecule has 5 rings (SSSR count). The molecule has 0 amide bonds. The van der Waals surface area contributed by atoms with Gasteiger partial charge in [0.1, 0.15) is 5.82 Å². The van der Waals surface area contributed by atoms with E-state index in [1.807, 2.05) is 0 Å². The number of benzene rings is 1. The number of nitrogens with zero attached hydrogens (tertiary/aromatic N) is 2. The largest absolute Gasteiger partial charge is 0.375 e. The SMILES string of the molecule is Fc1ccccc1-c1ncc2[nH]c3c(c2n1)CC1(CCCO1)CC3. The van der Waals surface area contributed by atoms with Crippen LogP contribution in [-0.4, -0.2) is 27.2 Å². The monoisotopic (exact) mass is 323 g/mol. The number of hydrogen-bond acceptors (Lipinski definition) is 3. The molecule has 1 spiro atoms. The van der Waals surface area contributed by atoms with Crippen LogP contribution in [0.1, 0.15) is 30.5 Å². The van der Waals surface area contributed by atoms with Gasteiger partial charge in [-0.05, 0) is 37.8 Å². The number of fused-ring (bicyclic) bond motifs is 3. The van der Waals surface area contributed by atoms with Crippen molar-refractivity contribution in [1.82, 2.24) is 15.0 Å². The third-order valence-corrected chi connectivity index (χ3v) is 5.35. The Balaban J connectivity index is 1.64. The molecule has 4 nitrogen and oxygen atoms in total. The van der Waals surface area contributed by atoms with E-state index < -0.39 is 0 Å². The number of ether oxygens (including phenoxy) is 1. The van der Waals surface area contributed by atoms with Crippen LogP contribution in [0.25, 0.3) is 22.4 Å². The average Bonchev–Trinajstić information content (AvgIpc) is 3.20. The van der Waals surface area contributed by atoms with Gasteiger partial charge in [-0.15, -0.1) is 0 Å². The second-order valence-electron chi connectivity index (χ2n) is 6.83. The van der Waals surface area contributed by atoms with Gasteiger partial charge in [-0.3, -0.25) is 0 Å². The van der Waals surface area contributed by atoms with Crippen molar-refractivity contribution < 1.29 is 9.13 Å². The van der Waals surface area contributed by atoms with Crippen LogP contribution in [0, 0.1) is 5.82 Å². The lowest BCUT2D eigenvalue weighted by molar-refractivity contribution is -0.00650. The van der Waals surface area contributed by atoms with Gasteiger partial charge in [-0.2, -0.15) is 0 Å². The molecule has 2 aromatic heterocycles. The first-order valence-corrected chi connectivity index (χ1v) is 8.49. The van der Waals surface area contributed by atoms with Crippen LogP contribution in [0.2, 0.25) is 0 Å². The molecule has 1 atom stereocenters. The molecule has 1 N–H and O–H groups in total. The summed E-state index contributed by atoms with van der Waals surface area (Å²) in [6.07, 6.45) is 6.93.